The van der Waals surface area contributed by atoms with Crippen LogP contribution in [0.3, 0.4) is 0 Å². The second-order valence-corrected chi connectivity index (χ2v) is 8.42. The van der Waals surface area contributed by atoms with Crippen LogP contribution >= 0.6 is 24.2 Å². The van der Waals surface area contributed by atoms with Crippen molar-refractivity contribution < 1.29 is 17.6 Å². The van der Waals surface area contributed by atoms with Gasteiger partial charge in [0, 0.05) is 37.8 Å². The first kappa shape index (κ1) is 19.5. The molecule has 0 spiro atoms. The summed E-state index contributed by atoms with van der Waals surface area (Å²) >= 11 is 1.68. The zero-order chi connectivity index (χ0) is 16.4. The molecule has 2 aliphatic heterocycles. The van der Waals surface area contributed by atoms with E-state index in [9.17, 15) is 17.6 Å². The van der Waals surface area contributed by atoms with Crippen molar-refractivity contribution in [2.45, 2.75) is 10.9 Å². The SMILES string of the molecule is Cl.O=C(C1CSCN1)N1CCN(S(=O)(=O)c2ccc(F)cc2)CC1. The van der Waals surface area contributed by atoms with E-state index in [1.165, 1.54) is 16.4 Å². The Bertz CT molecular complexity index is 673. The molecule has 2 saturated heterocycles. The third-order valence-corrected chi connectivity index (χ3v) is 6.87. The lowest BCUT2D eigenvalue weighted by atomic mass is 10.2. The summed E-state index contributed by atoms with van der Waals surface area (Å²) in [6, 6.07) is 4.64. The minimum Gasteiger partial charge on any atom is -0.339 e. The number of piperazine rings is 1. The normalized spacial score (nSPS) is 22.2. The number of thioether (sulfide) groups is 1. The predicted octanol–water partition coefficient (Wildman–Crippen LogP) is 0.743. The monoisotopic (exact) mass is 395 g/mol. The summed E-state index contributed by atoms with van der Waals surface area (Å²) in [5, 5.41) is 3.13. The van der Waals surface area contributed by atoms with Gasteiger partial charge in [0.1, 0.15) is 5.82 Å². The molecule has 0 saturated carbocycles. The molecule has 1 aromatic rings. The number of nitrogens with one attached hydrogen (secondary N) is 1. The van der Waals surface area contributed by atoms with E-state index in [1.54, 1.807) is 16.7 Å². The Morgan fingerprint density at radius 1 is 1.17 bits per heavy atom. The molecule has 1 N–H and O–H groups in total. The molecule has 3 rings (SSSR count). The van der Waals surface area contributed by atoms with E-state index in [-0.39, 0.29) is 42.3 Å². The molecular weight excluding hydrogens is 377 g/mol. The third-order valence-electron chi connectivity index (χ3n) is 4.02. The van der Waals surface area contributed by atoms with Gasteiger partial charge < -0.3 is 4.90 Å². The van der Waals surface area contributed by atoms with Crippen molar-refractivity contribution in [2.75, 3.05) is 37.8 Å². The Balaban J connectivity index is 0.00000208. The van der Waals surface area contributed by atoms with E-state index in [4.69, 9.17) is 0 Å². The van der Waals surface area contributed by atoms with Crippen molar-refractivity contribution in [1.29, 1.82) is 0 Å². The minimum atomic E-state index is -3.64. The van der Waals surface area contributed by atoms with Gasteiger partial charge in [-0.1, -0.05) is 0 Å². The molecule has 0 radical (unpaired) electrons. The summed E-state index contributed by atoms with van der Waals surface area (Å²) in [4.78, 5) is 14.1. The lowest BCUT2D eigenvalue weighted by Crippen LogP contribution is -2.54. The highest BCUT2D eigenvalue weighted by molar-refractivity contribution is 7.99. The van der Waals surface area contributed by atoms with Gasteiger partial charge in [-0.2, -0.15) is 4.31 Å². The van der Waals surface area contributed by atoms with E-state index in [2.05, 4.69) is 5.32 Å². The number of benzene rings is 1. The molecule has 2 fully saturated rings. The molecule has 134 valence electrons. The number of rotatable bonds is 3. The molecule has 6 nitrogen and oxygen atoms in total. The van der Waals surface area contributed by atoms with Crippen molar-refractivity contribution in [2.24, 2.45) is 0 Å². The number of amides is 1. The summed E-state index contributed by atoms with van der Waals surface area (Å²) in [5.41, 5.74) is 0. The van der Waals surface area contributed by atoms with Crippen LogP contribution in [0.5, 0.6) is 0 Å². The minimum absolute atomic E-state index is 0. The van der Waals surface area contributed by atoms with Crippen molar-refractivity contribution >= 4 is 40.1 Å². The number of sulfonamides is 1. The maximum Gasteiger partial charge on any atom is 0.243 e. The van der Waals surface area contributed by atoms with E-state index in [0.717, 1.165) is 23.8 Å². The van der Waals surface area contributed by atoms with Crippen molar-refractivity contribution in [3.05, 3.63) is 30.1 Å². The molecular formula is C14H19ClFN3O3S2. The Morgan fingerprint density at radius 3 is 2.33 bits per heavy atom. The summed E-state index contributed by atoms with van der Waals surface area (Å²) in [5.74, 6) is 1.09. The van der Waals surface area contributed by atoms with E-state index < -0.39 is 15.8 Å². The van der Waals surface area contributed by atoms with Gasteiger partial charge in [-0.15, -0.1) is 24.2 Å². The highest BCUT2D eigenvalue weighted by atomic mass is 35.5. The number of carbonyl (C=O) groups excluding carboxylic acids is 1. The Labute approximate surface area is 151 Å². The van der Waals surface area contributed by atoms with Crippen molar-refractivity contribution in [3.63, 3.8) is 0 Å². The maximum atomic E-state index is 12.9. The molecule has 0 bridgehead atoms. The molecule has 24 heavy (non-hydrogen) atoms. The zero-order valence-electron chi connectivity index (χ0n) is 12.9. The first-order valence-electron chi connectivity index (χ1n) is 7.34. The van der Waals surface area contributed by atoms with Crippen LogP contribution in [0.1, 0.15) is 0 Å². The fourth-order valence-corrected chi connectivity index (χ4v) is 5.03. The maximum absolute atomic E-state index is 12.9. The standard InChI is InChI=1S/C14H18FN3O3S2.ClH/c15-11-1-3-12(4-2-11)23(20,21)18-7-5-17(6-8-18)14(19)13-9-22-10-16-13;/h1-4,13,16H,5-10H2;1H. The molecule has 1 aromatic carbocycles. The van der Waals surface area contributed by atoms with Gasteiger partial charge in [-0.3, -0.25) is 10.1 Å². The Hall–Kier alpha value is -0.870. The first-order chi connectivity index (χ1) is 11.0. The third kappa shape index (κ3) is 4.02. The van der Waals surface area contributed by atoms with Crippen LogP contribution in [0.2, 0.25) is 0 Å². The van der Waals surface area contributed by atoms with Gasteiger partial charge in [-0.25, -0.2) is 12.8 Å². The number of carbonyl (C=O) groups is 1. The topological polar surface area (TPSA) is 69.7 Å². The van der Waals surface area contributed by atoms with Crippen LogP contribution in [0.4, 0.5) is 4.39 Å². The Morgan fingerprint density at radius 2 is 1.79 bits per heavy atom. The molecule has 0 aromatic heterocycles. The second-order valence-electron chi connectivity index (χ2n) is 5.46. The first-order valence-corrected chi connectivity index (χ1v) is 9.93. The average molecular weight is 396 g/mol. The van der Waals surface area contributed by atoms with E-state index in [0.29, 0.717) is 13.1 Å². The highest BCUT2D eigenvalue weighted by Gasteiger charge is 2.33. The van der Waals surface area contributed by atoms with Crippen LogP contribution in [0, 0.1) is 5.82 Å². The van der Waals surface area contributed by atoms with Crippen LogP contribution < -0.4 is 5.32 Å². The number of halogens is 2. The molecule has 0 aliphatic carbocycles. The summed E-state index contributed by atoms with van der Waals surface area (Å²) in [6.07, 6.45) is 0. The number of nitrogens with zero attached hydrogens (tertiary/aromatic N) is 2. The van der Waals surface area contributed by atoms with Crippen molar-refractivity contribution in [3.8, 4) is 0 Å². The molecule has 2 aliphatic rings. The lowest BCUT2D eigenvalue weighted by molar-refractivity contribution is -0.133. The van der Waals surface area contributed by atoms with Crippen LogP contribution in [-0.2, 0) is 14.8 Å². The van der Waals surface area contributed by atoms with Crippen LogP contribution in [0.25, 0.3) is 0 Å². The second kappa shape index (κ2) is 8.01. The van der Waals surface area contributed by atoms with Gasteiger partial charge in [0.15, 0.2) is 0 Å². The van der Waals surface area contributed by atoms with E-state index >= 15 is 0 Å². The molecule has 1 amide bonds. The zero-order valence-corrected chi connectivity index (χ0v) is 15.3. The summed E-state index contributed by atoms with van der Waals surface area (Å²) < 4.78 is 39.3. The highest BCUT2D eigenvalue weighted by Crippen LogP contribution is 2.19. The van der Waals surface area contributed by atoms with Crippen molar-refractivity contribution in [1.82, 2.24) is 14.5 Å². The fourth-order valence-electron chi connectivity index (χ4n) is 2.68. The summed E-state index contributed by atoms with van der Waals surface area (Å²) in [7, 11) is -3.64. The molecule has 1 unspecified atom stereocenters. The molecule has 1 atom stereocenters. The van der Waals surface area contributed by atoms with Gasteiger partial charge in [0.2, 0.25) is 15.9 Å². The quantitative estimate of drug-likeness (QED) is 0.817. The number of hydrogen-bond donors (Lipinski definition) is 1. The Kier molecular flexibility index (Phi) is 6.49. The largest absolute Gasteiger partial charge is 0.339 e. The molecule has 10 heteroatoms. The van der Waals surface area contributed by atoms with Gasteiger partial charge in [-0.05, 0) is 24.3 Å². The lowest BCUT2D eigenvalue weighted by Gasteiger charge is -2.35. The van der Waals surface area contributed by atoms with E-state index in [1.807, 2.05) is 0 Å². The van der Waals surface area contributed by atoms with Gasteiger partial charge in [0.05, 0.1) is 10.9 Å². The smallest absolute Gasteiger partial charge is 0.243 e. The summed E-state index contributed by atoms with van der Waals surface area (Å²) in [6.45, 7) is 1.26. The molecule has 2 heterocycles. The average Bonchev–Trinajstić information content (AvgIpc) is 3.09. The fraction of sp³-hybridized carbons (Fsp3) is 0.500. The van der Waals surface area contributed by atoms with Gasteiger partial charge >= 0.3 is 0 Å². The van der Waals surface area contributed by atoms with Crippen LogP contribution in [-0.4, -0.2) is 67.4 Å². The number of hydrogen-bond acceptors (Lipinski definition) is 5. The predicted molar refractivity (Wildman–Crippen MR) is 93.2 cm³/mol. The van der Waals surface area contributed by atoms with Crippen LogP contribution in [0.15, 0.2) is 29.2 Å². The van der Waals surface area contributed by atoms with Gasteiger partial charge in [0.25, 0.3) is 0 Å².